The Morgan fingerprint density at radius 3 is 2.77 bits per heavy atom. The van der Waals surface area contributed by atoms with E-state index in [0.29, 0.717) is 18.2 Å². The van der Waals surface area contributed by atoms with Gasteiger partial charge in [-0.1, -0.05) is 12.1 Å². The average Bonchev–Trinajstić information content (AvgIpc) is 2.64. The fraction of sp³-hybridized carbons (Fsp3) is 0.450. The number of aryl methyl sites for hydroxylation is 2. The number of hydrogen-bond donors (Lipinski definition) is 0. The summed E-state index contributed by atoms with van der Waals surface area (Å²) in [6, 6.07) is 9.69. The molecule has 26 heavy (non-hydrogen) atoms. The molecular formula is C20H24FN3O2. The van der Waals surface area contributed by atoms with Crippen LogP contribution >= 0.6 is 0 Å². The van der Waals surface area contributed by atoms with Gasteiger partial charge in [-0.3, -0.25) is 9.59 Å². The molecular weight excluding hydrogens is 333 g/mol. The summed E-state index contributed by atoms with van der Waals surface area (Å²) in [7, 11) is 0. The number of nitrogens with zero attached hydrogens (tertiary/aromatic N) is 3. The summed E-state index contributed by atoms with van der Waals surface area (Å²) in [5, 5.41) is 4.14. The quantitative estimate of drug-likeness (QED) is 0.826. The minimum atomic E-state index is -0.256. The molecule has 0 N–H and O–H groups in total. The van der Waals surface area contributed by atoms with Gasteiger partial charge < -0.3 is 4.90 Å². The Balaban J connectivity index is 1.55. The van der Waals surface area contributed by atoms with Gasteiger partial charge in [0.1, 0.15) is 12.4 Å². The van der Waals surface area contributed by atoms with Gasteiger partial charge >= 0.3 is 0 Å². The van der Waals surface area contributed by atoms with Gasteiger partial charge in [0.25, 0.3) is 5.56 Å². The topological polar surface area (TPSA) is 55.2 Å². The lowest BCUT2D eigenvalue weighted by molar-refractivity contribution is -0.134. The maximum absolute atomic E-state index is 13.0. The molecule has 1 saturated heterocycles. The lowest BCUT2D eigenvalue weighted by Gasteiger charge is -2.33. The largest absolute Gasteiger partial charge is 0.341 e. The average molecular weight is 357 g/mol. The normalized spacial score (nSPS) is 17.3. The fourth-order valence-corrected chi connectivity index (χ4v) is 3.44. The Bertz CT molecular complexity index is 817. The second kappa shape index (κ2) is 8.25. The molecule has 0 saturated carbocycles. The molecule has 1 amide bonds. The van der Waals surface area contributed by atoms with Gasteiger partial charge in [-0.2, -0.15) is 5.10 Å². The van der Waals surface area contributed by atoms with E-state index in [4.69, 9.17) is 0 Å². The number of amides is 1. The zero-order valence-corrected chi connectivity index (χ0v) is 15.0. The first-order valence-electron chi connectivity index (χ1n) is 9.08. The molecule has 0 spiro atoms. The van der Waals surface area contributed by atoms with Crippen molar-refractivity contribution < 1.29 is 9.18 Å². The van der Waals surface area contributed by atoms with E-state index in [-0.39, 0.29) is 23.8 Å². The van der Waals surface area contributed by atoms with E-state index in [0.717, 1.165) is 37.8 Å². The molecule has 1 fully saturated rings. The first kappa shape index (κ1) is 18.3. The van der Waals surface area contributed by atoms with E-state index in [1.807, 2.05) is 17.0 Å². The third kappa shape index (κ3) is 4.77. The zero-order valence-electron chi connectivity index (χ0n) is 15.0. The molecule has 1 aliphatic rings. The Morgan fingerprint density at radius 1 is 1.23 bits per heavy atom. The lowest BCUT2D eigenvalue weighted by atomic mass is 9.91. The molecule has 138 valence electrons. The van der Waals surface area contributed by atoms with Crippen LogP contribution in [0, 0.1) is 18.7 Å². The van der Waals surface area contributed by atoms with Crippen LogP contribution in [0.1, 0.15) is 30.5 Å². The second-order valence-corrected chi connectivity index (χ2v) is 6.98. The van der Waals surface area contributed by atoms with Crippen LogP contribution in [0.4, 0.5) is 4.39 Å². The summed E-state index contributed by atoms with van der Waals surface area (Å²) in [5.41, 5.74) is 1.58. The van der Waals surface area contributed by atoms with Crippen molar-refractivity contribution in [1.82, 2.24) is 14.7 Å². The van der Waals surface area contributed by atoms with Gasteiger partial charge in [0, 0.05) is 19.2 Å². The third-order valence-electron chi connectivity index (χ3n) is 4.91. The zero-order chi connectivity index (χ0) is 18.5. The van der Waals surface area contributed by atoms with Crippen LogP contribution < -0.4 is 5.56 Å². The van der Waals surface area contributed by atoms with E-state index in [1.54, 1.807) is 13.0 Å². The highest BCUT2D eigenvalue weighted by atomic mass is 19.1. The summed E-state index contributed by atoms with van der Waals surface area (Å²) in [4.78, 5) is 26.3. The predicted octanol–water partition coefficient (Wildman–Crippen LogP) is 2.56. The van der Waals surface area contributed by atoms with E-state index in [9.17, 15) is 14.0 Å². The second-order valence-electron chi connectivity index (χ2n) is 6.98. The van der Waals surface area contributed by atoms with E-state index >= 15 is 0 Å². The highest BCUT2D eigenvalue weighted by molar-refractivity contribution is 5.76. The smallest absolute Gasteiger partial charge is 0.267 e. The van der Waals surface area contributed by atoms with Gasteiger partial charge in [0.2, 0.25) is 5.91 Å². The number of carbonyl (C=O) groups excluding carboxylic acids is 1. The SMILES string of the molecule is Cc1ccc(=O)n(CC(=O)N2CCC[C@H](CCc3ccc(F)cc3)C2)n1. The number of piperidine rings is 1. The Labute approximate surface area is 152 Å². The summed E-state index contributed by atoms with van der Waals surface area (Å²) in [6.45, 7) is 3.23. The molecule has 1 aromatic carbocycles. The van der Waals surface area contributed by atoms with Crippen LogP contribution in [0.2, 0.25) is 0 Å². The van der Waals surface area contributed by atoms with Crippen LogP contribution in [0.3, 0.4) is 0 Å². The molecule has 1 atom stereocenters. The highest BCUT2D eigenvalue weighted by Gasteiger charge is 2.24. The van der Waals surface area contributed by atoms with Gasteiger partial charge in [0.05, 0.1) is 5.69 Å². The number of rotatable bonds is 5. The summed E-state index contributed by atoms with van der Waals surface area (Å²) >= 11 is 0. The molecule has 0 bridgehead atoms. The van der Waals surface area contributed by atoms with Crippen LogP contribution in [0.5, 0.6) is 0 Å². The van der Waals surface area contributed by atoms with Gasteiger partial charge in [-0.05, 0) is 62.3 Å². The predicted molar refractivity (Wildman–Crippen MR) is 97.3 cm³/mol. The Hall–Kier alpha value is -2.50. The van der Waals surface area contributed by atoms with Crippen molar-refractivity contribution in [2.75, 3.05) is 13.1 Å². The number of halogens is 1. The Kier molecular flexibility index (Phi) is 5.81. The molecule has 2 aromatic rings. The maximum Gasteiger partial charge on any atom is 0.267 e. The first-order valence-corrected chi connectivity index (χ1v) is 9.08. The molecule has 5 nitrogen and oxygen atoms in total. The van der Waals surface area contributed by atoms with Gasteiger partial charge in [0.15, 0.2) is 0 Å². The maximum atomic E-state index is 13.0. The number of aromatic nitrogens is 2. The van der Waals surface area contributed by atoms with Crippen molar-refractivity contribution in [3.8, 4) is 0 Å². The van der Waals surface area contributed by atoms with Crippen molar-refractivity contribution in [2.45, 2.75) is 39.2 Å². The molecule has 2 heterocycles. The van der Waals surface area contributed by atoms with Gasteiger partial charge in [-0.15, -0.1) is 0 Å². The molecule has 1 aliphatic heterocycles. The van der Waals surface area contributed by atoms with Crippen molar-refractivity contribution >= 4 is 5.91 Å². The number of likely N-dealkylation sites (tertiary alicyclic amines) is 1. The van der Waals surface area contributed by atoms with Gasteiger partial charge in [-0.25, -0.2) is 9.07 Å². The minimum Gasteiger partial charge on any atom is -0.341 e. The molecule has 1 aromatic heterocycles. The van der Waals surface area contributed by atoms with Crippen LogP contribution in [-0.4, -0.2) is 33.7 Å². The third-order valence-corrected chi connectivity index (χ3v) is 4.91. The first-order chi connectivity index (χ1) is 12.5. The molecule has 3 rings (SSSR count). The Morgan fingerprint density at radius 2 is 2.00 bits per heavy atom. The molecule has 6 heteroatoms. The van der Waals surface area contributed by atoms with Crippen LogP contribution in [-0.2, 0) is 17.8 Å². The lowest BCUT2D eigenvalue weighted by Crippen LogP contribution is -2.43. The molecule has 0 aliphatic carbocycles. The highest BCUT2D eigenvalue weighted by Crippen LogP contribution is 2.22. The number of benzene rings is 1. The van der Waals surface area contributed by atoms with E-state index in [1.165, 1.54) is 22.9 Å². The summed E-state index contributed by atoms with van der Waals surface area (Å²) in [6.07, 6.45) is 3.91. The van der Waals surface area contributed by atoms with Crippen molar-refractivity contribution in [1.29, 1.82) is 0 Å². The number of carbonyl (C=O) groups is 1. The standard InChI is InChI=1S/C20H24FN3O2/c1-15-4-11-19(25)24(22-15)14-20(26)23-12-2-3-17(13-23)6-5-16-7-9-18(21)10-8-16/h4,7-11,17H,2-3,5-6,12-14H2,1H3/t17-/m1/s1. The molecule has 0 radical (unpaired) electrons. The number of hydrogen-bond acceptors (Lipinski definition) is 3. The monoisotopic (exact) mass is 357 g/mol. The van der Waals surface area contributed by atoms with Crippen molar-refractivity contribution in [3.05, 3.63) is 63.8 Å². The van der Waals surface area contributed by atoms with Crippen molar-refractivity contribution in [3.63, 3.8) is 0 Å². The fourth-order valence-electron chi connectivity index (χ4n) is 3.44. The van der Waals surface area contributed by atoms with Crippen LogP contribution in [0.15, 0.2) is 41.2 Å². The minimum absolute atomic E-state index is 0.00873. The summed E-state index contributed by atoms with van der Waals surface area (Å²) in [5.74, 6) is 0.153. The van der Waals surface area contributed by atoms with E-state index in [2.05, 4.69) is 5.10 Å². The van der Waals surface area contributed by atoms with Crippen molar-refractivity contribution in [2.24, 2.45) is 5.92 Å². The van der Waals surface area contributed by atoms with E-state index < -0.39 is 0 Å². The van der Waals surface area contributed by atoms with Crippen LogP contribution in [0.25, 0.3) is 0 Å². The summed E-state index contributed by atoms with van der Waals surface area (Å²) < 4.78 is 14.2. The molecule has 0 unspecified atom stereocenters.